The predicted molar refractivity (Wildman–Crippen MR) is 131 cm³/mol. The van der Waals surface area contributed by atoms with E-state index in [0.29, 0.717) is 0 Å². The number of nitriles is 2. The van der Waals surface area contributed by atoms with Crippen LogP contribution in [-0.2, 0) is 5.41 Å². The third kappa shape index (κ3) is 3.08. The Morgan fingerprint density at radius 1 is 0.576 bits per heavy atom. The minimum atomic E-state index is -1.20. The Bertz CT molecular complexity index is 1260. The molecule has 1 aliphatic carbocycles. The van der Waals surface area contributed by atoms with E-state index < -0.39 is 10.8 Å². The molecule has 156 valence electrons. The first kappa shape index (κ1) is 20.5. The van der Waals surface area contributed by atoms with Crippen LogP contribution in [0.4, 0.5) is 0 Å². The van der Waals surface area contributed by atoms with Gasteiger partial charge in [-0.2, -0.15) is 10.5 Å². The molecule has 1 atom stereocenters. The van der Waals surface area contributed by atoms with E-state index in [0.717, 1.165) is 27.8 Å². The zero-order chi connectivity index (χ0) is 22.7. The standard InChI is InChI=1S/C31H22N2/c32-22-30(23-33)29(21-28(24-13-5-1-6-14-24)25-15-7-2-8-16-25)31(30,26-17-9-3-10-18-26)27-19-11-4-12-20-27/h1-21,29H. The molecule has 1 unspecified atom stereocenters. The molecule has 0 spiro atoms. The molecule has 0 N–H and O–H groups in total. The van der Waals surface area contributed by atoms with Gasteiger partial charge in [-0.05, 0) is 27.8 Å². The number of nitrogens with zero attached hydrogens (tertiary/aromatic N) is 2. The first-order valence-corrected chi connectivity index (χ1v) is 11.0. The molecule has 1 fully saturated rings. The molecular formula is C31H22N2. The first-order valence-electron chi connectivity index (χ1n) is 11.0. The molecule has 4 aromatic carbocycles. The molecule has 1 saturated carbocycles. The summed E-state index contributed by atoms with van der Waals surface area (Å²) in [5.74, 6) is -0.305. The summed E-state index contributed by atoms with van der Waals surface area (Å²) in [6.45, 7) is 0. The van der Waals surface area contributed by atoms with Gasteiger partial charge in [0.15, 0.2) is 5.41 Å². The van der Waals surface area contributed by atoms with Crippen LogP contribution < -0.4 is 0 Å². The lowest BCUT2D eigenvalue weighted by Gasteiger charge is -2.20. The molecule has 4 aromatic rings. The second-order valence-corrected chi connectivity index (χ2v) is 8.36. The average molecular weight is 423 g/mol. The van der Waals surface area contributed by atoms with Crippen LogP contribution in [0.3, 0.4) is 0 Å². The van der Waals surface area contributed by atoms with E-state index in [4.69, 9.17) is 0 Å². The second kappa shape index (κ2) is 8.27. The lowest BCUT2D eigenvalue weighted by Crippen LogP contribution is -2.18. The Balaban J connectivity index is 1.79. The fourth-order valence-corrected chi connectivity index (χ4v) is 5.24. The number of allylic oxidation sites excluding steroid dienone is 1. The normalized spacial score (nSPS) is 17.2. The van der Waals surface area contributed by atoms with E-state index in [1.165, 1.54) is 0 Å². The molecule has 0 radical (unpaired) electrons. The maximum absolute atomic E-state index is 10.4. The van der Waals surface area contributed by atoms with Crippen molar-refractivity contribution in [2.45, 2.75) is 5.41 Å². The van der Waals surface area contributed by atoms with Gasteiger partial charge in [-0.15, -0.1) is 0 Å². The minimum absolute atomic E-state index is 0.305. The van der Waals surface area contributed by atoms with Crippen LogP contribution in [-0.4, -0.2) is 0 Å². The summed E-state index contributed by atoms with van der Waals surface area (Å²) in [7, 11) is 0. The van der Waals surface area contributed by atoms with Crippen LogP contribution in [0.1, 0.15) is 22.3 Å². The topological polar surface area (TPSA) is 47.6 Å². The third-order valence-electron chi connectivity index (χ3n) is 6.79. The van der Waals surface area contributed by atoms with Crippen molar-refractivity contribution in [3.05, 3.63) is 150 Å². The molecule has 1 aliphatic rings. The zero-order valence-electron chi connectivity index (χ0n) is 18.1. The van der Waals surface area contributed by atoms with Crippen molar-refractivity contribution >= 4 is 5.57 Å². The number of hydrogen-bond acceptors (Lipinski definition) is 2. The quantitative estimate of drug-likeness (QED) is 0.356. The van der Waals surface area contributed by atoms with Gasteiger partial charge in [0, 0.05) is 5.92 Å². The zero-order valence-corrected chi connectivity index (χ0v) is 18.1. The van der Waals surface area contributed by atoms with Gasteiger partial charge < -0.3 is 0 Å². The average Bonchev–Trinajstić information content (AvgIpc) is 3.51. The van der Waals surface area contributed by atoms with Crippen molar-refractivity contribution in [1.29, 1.82) is 10.5 Å². The second-order valence-electron chi connectivity index (χ2n) is 8.36. The maximum atomic E-state index is 10.4. The number of rotatable bonds is 5. The molecule has 2 heteroatoms. The van der Waals surface area contributed by atoms with Crippen LogP contribution in [0.2, 0.25) is 0 Å². The summed E-state index contributed by atoms with van der Waals surface area (Å²) >= 11 is 0. The molecule has 0 aliphatic heterocycles. The van der Waals surface area contributed by atoms with Crippen LogP contribution in [0.5, 0.6) is 0 Å². The van der Waals surface area contributed by atoms with Crippen molar-refractivity contribution in [3.63, 3.8) is 0 Å². The van der Waals surface area contributed by atoms with Crippen LogP contribution in [0, 0.1) is 34.0 Å². The van der Waals surface area contributed by atoms with E-state index in [1.807, 2.05) is 97.1 Å². The molecule has 2 nitrogen and oxygen atoms in total. The Labute approximate surface area is 194 Å². The summed E-state index contributed by atoms with van der Waals surface area (Å²) in [4.78, 5) is 0. The van der Waals surface area contributed by atoms with Gasteiger partial charge in [-0.25, -0.2) is 0 Å². The lowest BCUT2D eigenvalue weighted by molar-refractivity contribution is 0.706. The Hall–Kier alpha value is -4.40. The molecular weight excluding hydrogens is 400 g/mol. The van der Waals surface area contributed by atoms with E-state index in [-0.39, 0.29) is 5.92 Å². The van der Waals surface area contributed by atoms with Gasteiger partial charge in [-0.3, -0.25) is 0 Å². The highest BCUT2D eigenvalue weighted by atomic mass is 14.8. The summed E-state index contributed by atoms with van der Waals surface area (Å²) in [6.07, 6.45) is 2.15. The van der Waals surface area contributed by atoms with Crippen molar-refractivity contribution < 1.29 is 0 Å². The molecule has 0 aromatic heterocycles. The fourth-order valence-electron chi connectivity index (χ4n) is 5.24. The highest BCUT2D eigenvalue weighted by molar-refractivity contribution is 5.82. The summed E-state index contributed by atoms with van der Waals surface area (Å²) in [5.41, 5.74) is 3.19. The Morgan fingerprint density at radius 3 is 1.30 bits per heavy atom. The summed E-state index contributed by atoms with van der Waals surface area (Å²) in [5, 5.41) is 20.9. The summed E-state index contributed by atoms with van der Waals surface area (Å²) in [6, 6.07) is 45.3. The van der Waals surface area contributed by atoms with Gasteiger partial charge in [0.05, 0.1) is 17.6 Å². The smallest absolute Gasteiger partial charge is 0.165 e. The monoisotopic (exact) mass is 422 g/mol. The van der Waals surface area contributed by atoms with Crippen molar-refractivity contribution in [3.8, 4) is 12.1 Å². The van der Waals surface area contributed by atoms with E-state index in [1.54, 1.807) is 0 Å². The highest BCUT2D eigenvalue weighted by Gasteiger charge is 2.79. The van der Waals surface area contributed by atoms with E-state index >= 15 is 0 Å². The molecule has 0 amide bonds. The van der Waals surface area contributed by atoms with E-state index in [9.17, 15) is 10.5 Å². The highest BCUT2D eigenvalue weighted by Crippen LogP contribution is 2.73. The molecule has 0 heterocycles. The Morgan fingerprint density at radius 2 is 0.939 bits per heavy atom. The van der Waals surface area contributed by atoms with E-state index in [2.05, 4.69) is 42.5 Å². The molecule has 33 heavy (non-hydrogen) atoms. The van der Waals surface area contributed by atoms with Gasteiger partial charge in [-0.1, -0.05) is 127 Å². The lowest BCUT2D eigenvalue weighted by atomic mass is 9.80. The van der Waals surface area contributed by atoms with Gasteiger partial charge >= 0.3 is 0 Å². The third-order valence-corrected chi connectivity index (χ3v) is 6.79. The van der Waals surface area contributed by atoms with Crippen LogP contribution >= 0.6 is 0 Å². The molecule has 5 rings (SSSR count). The Kier molecular flexibility index (Phi) is 5.14. The maximum Gasteiger partial charge on any atom is 0.165 e. The van der Waals surface area contributed by atoms with Crippen molar-refractivity contribution in [2.75, 3.05) is 0 Å². The molecule has 0 bridgehead atoms. The fraction of sp³-hybridized carbons (Fsp3) is 0.0968. The van der Waals surface area contributed by atoms with Crippen molar-refractivity contribution in [2.24, 2.45) is 11.3 Å². The van der Waals surface area contributed by atoms with Crippen LogP contribution in [0.15, 0.2) is 127 Å². The minimum Gasteiger partial charge on any atom is -0.196 e. The SMILES string of the molecule is N#CC1(C#N)C(C=C(c2ccccc2)c2ccccc2)C1(c1ccccc1)c1ccccc1. The number of benzene rings is 4. The van der Waals surface area contributed by atoms with Gasteiger partial charge in [0.2, 0.25) is 0 Å². The molecule has 0 saturated heterocycles. The summed E-state index contributed by atoms with van der Waals surface area (Å²) < 4.78 is 0. The first-order chi connectivity index (χ1) is 16.3. The predicted octanol–water partition coefficient (Wildman–Crippen LogP) is 6.77. The van der Waals surface area contributed by atoms with Gasteiger partial charge in [0.1, 0.15) is 0 Å². The van der Waals surface area contributed by atoms with Crippen molar-refractivity contribution in [1.82, 2.24) is 0 Å². The number of hydrogen-bond donors (Lipinski definition) is 0. The largest absolute Gasteiger partial charge is 0.196 e. The van der Waals surface area contributed by atoms with Crippen LogP contribution in [0.25, 0.3) is 5.57 Å². The van der Waals surface area contributed by atoms with Gasteiger partial charge in [0.25, 0.3) is 0 Å².